The molecule has 0 N–H and O–H groups in total. The van der Waals surface area contributed by atoms with Gasteiger partial charge in [0.15, 0.2) is 0 Å². The predicted molar refractivity (Wildman–Crippen MR) is 258 cm³/mol. The molecule has 0 unspecified atom stereocenters. The largest absolute Gasteiger partial charge is 0.278 e. The van der Waals surface area contributed by atoms with Gasteiger partial charge >= 0.3 is 0 Å². The minimum Gasteiger partial charge on any atom is -0.278 e. The zero-order valence-electron chi connectivity index (χ0n) is 33.0. The summed E-state index contributed by atoms with van der Waals surface area (Å²) in [5.74, 6) is 0.643. The number of hydrogen-bond donors (Lipinski definition) is 0. The van der Waals surface area contributed by atoms with Crippen LogP contribution in [0.25, 0.3) is 126 Å². The Morgan fingerprint density at radius 2 is 0.787 bits per heavy atom. The molecule has 13 aromatic rings. The van der Waals surface area contributed by atoms with Gasteiger partial charge in [0.1, 0.15) is 0 Å². The molecule has 0 spiro atoms. The molecular formula is C58H35N3. The zero-order valence-corrected chi connectivity index (χ0v) is 33.0. The Balaban J connectivity index is 1.20. The molecule has 282 valence electrons. The van der Waals surface area contributed by atoms with Crippen molar-refractivity contribution in [2.24, 2.45) is 0 Å². The van der Waals surface area contributed by atoms with Gasteiger partial charge in [0, 0.05) is 32.5 Å². The highest BCUT2D eigenvalue weighted by atomic mass is 15.2. The third-order valence-electron chi connectivity index (χ3n) is 12.7. The van der Waals surface area contributed by atoms with Gasteiger partial charge in [-0.2, -0.15) is 0 Å². The Bertz CT molecular complexity index is 3830. The van der Waals surface area contributed by atoms with Crippen molar-refractivity contribution in [1.82, 2.24) is 14.5 Å². The summed E-state index contributed by atoms with van der Waals surface area (Å²) in [5, 5.41) is 15.5. The van der Waals surface area contributed by atoms with E-state index in [-0.39, 0.29) is 0 Å². The van der Waals surface area contributed by atoms with E-state index < -0.39 is 0 Å². The molecule has 0 atom stereocenters. The van der Waals surface area contributed by atoms with E-state index in [0.717, 1.165) is 66.2 Å². The average Bonchev–Trinajstić information content (AvgIpc) is 3.66. The average molecular weight is 774 g/mol. The lowest BCUT2D eigenvalue weighted by Gasteiger charge is -2.16. The monoisotopic (exact) mass is 773 g/mol. The van der Waals surface area contributed by atoms with E-state index in [0.29, 0.717) is 5.95 Å². The molecule has 0 bridgehead atoms. The first-order chi connectivity index (χ1) is 30.2. The lowest BCUT2D eigenvalue weighted by atomic mass is 9.91. The van der Waals surface area contributed by atoms with Crippen LogP contribution < -0.4 is 0 Å². The second-order valence-corrected chi connectivity index (χ2v) is 16.1. The van der Waals surface area contributed by atoms with Crippen molar-refractivity contribution in [3.8, 4) is 39.5 Å². The SMILES string of the molecule is c1ccc(-c2cc(-c3ccccc3)cc(-c3nc(-n4c5cc6ccccc6cc5c5c6c7ccccc7c7ccccc7c6ccc54)nc4c3ccc3ccccc34)c2)cc1. The number of fused-ring (bicyclic) bond motifs is 14. The summed E-state index contributed by atoms with van der Waals surface area (Å²) in [7, 11) is 0. The van der Waals surface area contributed by atoms with Crippen LogP contribution in [0.3, 0.4) is 0 Å². The number of aromatic nitrogens is 3. The lowest BCUT2D eigenvalue weighted by molar-refractivity contribution is 1.02. The van der Waals surface area contributed by atoms with Gasteiger partial charge in [0.05, 0.1) is 22.2 Å². The maximum Gasteiger partial charge on any atom is 0.235 e. The fourth-order valence-electron chi connectivity index (χ4n) is 9.93. The van der Waals surface area contributed by atoms with E-state index in [4.69, 9.17) is 9.97 Å². The van der Waals surface area contributed by atoms with Crippen LogP contribution in [0.5, 0.6) is 0 Å². The van der Waals surface area contributed by atoms with Crippen LogP contribution in [-0.2, 0) is 0 Å². The topological polar surface area (TPSA) is 30.7 Å². The van der Waals surface area contributed by atoms with Crippen LogP contribution >= 0.6 is 0 Å². The molecule has 0 aliphatic rings. The van der Waals surface area contributed by atoms with E-state index in [1.165, 1.54) is 53.9 Å². The first-order valence-electron chi connectivity index (χ1n) is 20.9. The van der Waals surface area contributed by atoms with Gasteiger partial charge in [-0.05, 0) is 108 Å². The molecule has 0 radical (unpaired) electrons. The number of benzene rings is 11. The van der Waals surface area contributed by atoms with E-state index in [9.17, 15) is 0 Å². The summed E-state index contributed by atoms with van der Waals surface area (Å²) in [6.07, 6.45) is 0. The third-order valence-corrected chi connectivity index (χ3v) is 12.7. The molecule has 0 aliphatic carbocycles. The standard InChI is InChI=1S/C58H35N3/c1-3-15-36(16-4-1)41-31-42(37-17-5-2-6-18-37)33-43(32-41)56-50-28-27-38-19-9-10-22-44(38)57(50)60-58(59-56)61-52-30-29-49-47-25-12-11-23-45(47)46-24-13-14-26-48(46)54(49)55(52)51-34-39-20-7-8-21-40(39)35-53(51)61/h1-35H. The second kappa shape index (κ2) is 13.2. The molecule has 61 heavy (non-hydrogen) atoms. The van der Waals surface area contributed by atoms with Crippen molar-refractivity contribution in [3.63, 3.8) is 0 Å². The highest BCUT2D eigenvalue weighted by Crippen LogP contribution is 2.45. The maximum atomic E-state index is 5.71. The fourth-order valence-corrected chi connectivity index (χ4v) is 9.93. The summed E-state index contributed by atoms with van der Waals surface area (Å²) in [6, 6.07) is 76.9. The van der Waals surface area contributed by atoms with Gasteiger partial charge in [0.25, 0.3) is 0 Å². The molecule has 11 aromatic carbocycles. The summed E-state index contributed by atoms with van der Waals surface area (Å²) >= 11 is 0. The Kier molecular flexibility index (Phi) is 7.31. The molecular weight excluding hydrogens is 739 g/mol. The van der Waals surface area contributed by atoms with Crippen molar-refractivity contribution in [2.45, 2.75) is 0 Å². The fraction of sp³-hybridized carbons (Fsp3) is 0. The van der Waals surface area contributed by atoms with Gasteiger partial charge in [-0.1, -0.05) is 170 Å². The Morgan fingerprint density at radius 1 is 0.279 bits per heavy atom. The molecule has 13 rings (SSSR count). The van der Waals surface area contributed by atoms with E-state index >= 15 is 0 Å². The van der Waals surface area contributed by atoms with Gasteiger partial charge in [0.2, 0.25) is 5.95 Å². The van der Waals surface area contributed by atoms with Crippen molar-refractivity contribution in [3.05, 3.63) is 212 Å². The molecule has 2 heterocycles. The maximum absolute atomic E-state index is 5.71. The smallest absolute Gasteiger partial charge is 0.235 e. The normalized spacial score (nSPS) is 11.9. The summed E-state index contributed by atoms with van der Waals surface area (Å²) in [5.41, 5.74) is 9.61. The zero-order chi connectivity index (χ0) is 40.0. The molecule has 3 heteroatoms. The first-order valence-corrected chi connectivity index (χ1v) is 20.9. The number of nitrogens with zero attached hydrogens (tertiary/aromatic N) is 3. The molecule has 0 amide bonds. The number of rotatable bonds is 4. The molecule has 0 saturated heterocycles. The minimum absolute atomic E-state index is 0.643. The Labute approximate surface area is 351 Å². The summed E-state index contributed by atoms with van der Waals surface area (Å²) < 4.78 is 2.32. The number of hydrogen-bond acceptors (Lipinski definition) is 2. The predicted octanol–water partition coefficient (Wildman–Crippen LogP) is 15.5. The van der Waals surface area contributed by atoms with Crippen molar-refractivity contribution < 1.29 is 0 Å². The van der Waals surface area contributed by atoms with Crippen LogP contribution in [0.15, 0.2) is 212 Å². The summed E-state index contributed by atoms with van der Waals surface area (Å²) in [4.78, 5) is 11.3. The van der Waals surface area contributed by atoms with Gasteiger partial charge in [-0.15, -0.1) is 0 Å². The van der Waals surface area contributed by atoms with Crippen LogP contribution in [0, 0.1) is 0 Å². The van der Waals surface area contributed by atoms with Crippen LogP contribution in [-0.4, -0.2) is 14.5 Å². The van der Waals surface area contributed by atoms with Gasteiger partial charge in [-0.25, -0.2) is 9.97 Å². The molecule has 0 fully saturated rings. The van der Waals surface area contributed by atoms with Crippen LogP contribution in [0.2, 0.25) is 0 Å². The highest BCUT2D eigenvalue weighted by Gasteiger charge is 2.23. The van der Waals surface area contributed by atoms with Crippen molar-refractivity contribution in [1.29, 1.82) is 0 Å². The quantitative estimate of drug-likeness (QED) is 0.167. The van der Waals surface area contributed by atoms with Gasteiger partial charge in [-0.3, -0.25) is 4.57 Å². The van der Waals surface area contributed by atoms with E-state index in [1.54, 1.807) is 0 Å². The van der Waals surface area contributed by atoms with Crippen LogP contribution in [0.1, 0.15) is 0 Å². The molecule has 0 aliphatic heterocycles. The van der Waals surface area contributed by atoms with Crippen molar-refractivity contribution in [2.75, 3.05) is 0 Å². The molecule has 3 nitrogen and oxygen atoms in total. The first kappa shape index (κ1) is 33.8. The van der Waals surface area contributed by atoms with E-state index in [1.807, 2.05) is 0 Å². The van der Waals surface area contributed by atoms with E-state index in [2.05, 4.69) is 217 Å². The summed E-state index contributed by atoms with van der Waals surface area (Å²) in [6.45, 7) is 0. The molecule has 2 aromatic heterocycles. The van der Waals surface area contributed by atoms with Gasteiger partial charge < -0.3 is 0 Å². The van der Waals surface area contributed by atoms with Crippen LogP contribution in [0.4, 0.5) is 0 Å². The Morgan fingerprint density at radius 3 is 1.46 bits per heavy atom. The second-order valence-electron chi connectivity index (χ2n) is 16.1. The minimum atomic E-state index is 0.643. The highest BCUT2D eigenvalue weighted by molar-refractivity contribution is 6.35. The van der Waals surface area contributed by atoms with Crippen molar-refractivity contribution >= 4 is 86.6 Å². The Hall–Kier alpha value is -8.14. The third kappa shape index (κ3) is 5.17. The molecule has 0 saturated carbocycles. The lowest BCUT2D eigenvalue weighted by Crippen LogP contribution is -2.04.